The number of hydrogen-bond donors (Lipinski definition) is 0. The van der Waals surface area contributed by atoms with Gasteiger partial charge in [0.15, 0.2) is 5.82 Å². The van der Waals surface area contributed by atoms with Gasteiger partial charge < -0.3 is 14.4 Å². The number of nitrogens with zero attached hydrogens (tertiary/aromatic N) is 6. The topological polar surface area (TPSA) is 67.2 Å². The number of carbonyl (C=O) groups is 1. The summed E-state index contributed by atoms with van der Waals surface area (Å²) in [6.45, 7) is 3.55. The lowest BCUT2D eigenvalue weighted by Gasteiger charge is -2.34. The van der Waals surface area contributed by atoms with Gasteiger partial charge in [0, 0.05) is 58.0 Å². The van der Waals surface area contributed by atoms with Crippen molar-refractivity contribution in [1.82, 2.24) is 24.4 Å². The van der Waals surface area contributed by atoms with Crippen molar-refractivity contribution in [2.75, 3.05) is 31.1 Å². The summed E-state index contributed by atoms with van der Waals surface area (Å²) in [6, 6.07) is 0. The van der Waals surface area contributed by atoms with Crippen LogP contribution in [0.2, 0.25) is 0 Å². The van der Waals surface area contributed by atoms with Crippen LogP contribution in [0.15, 0.2) is 31.0 Å². The standard InChI is InChI=1S/C16H20N6O/c1-20-7-5-19-15(20)16(23)22-9-12-2-6-21(10-13(12)11-22)14-8-17-3-4-18-14/h3-5,7-8,12-13H,2,6,9-11H2,1H3/t12-,13+/m0/s1. The van der Waals surface area contributed by atoms with Crippen molar-refractivity contribution >= 4 is 11.7 Å². The van der Waals surface area contributed by atoms with Crippen LogP contribution in [0.4, 0.5) is 5.82 Å². The fraction of sp³-hybridized carbons (Fsp3) is 0.500. The van der Waals surface area contributed by atoms with Gasteiger partial charge in [0.25, 0.3) is 5.91 Å². The Hall–Kier alpha value is -2.44. The van der Waals surface area contributed by atoms with E-state index in [9.17, 15) is 4.79 Å². The lowest BCUT2D eigenvalue weighted by atomic mass is 9.89. The van der Waals surface area contributed by atoms with E-state index in [2.05, 4.69) is 19.9 Å². The molecule has 4 heterocycles. The second-order valence-corrected chi connectivity index (χ2v) is 6.39. The quantitative estimate of drug-likeness (QED) is 0.821. The normalized spacial score (nSPS) is 23.9. The maximum absolute atomic E-state index is 12.6. The number of imidazole rings is 1. The average Bonchev–Trinajstić information content (AvgIpc) is 3.20. The molecule has 0 radical (unpaired) electrons. The number of anilines is 1. The highest BCUT2D eigenvalue weighted by Gasteiger charge is 2.40. The molecular weight excluding hydrogens is 292 g/mol. The summed E-state index contributed by atoms with van der Waals surface area (Å²) in [5.41, 5.74) is 0. The van der Waals surface area contributed by atoms with Gasteiger partial charge in [-0.15, -0.1) is 0 Å². The number of amides is 1. The lowest BCUT2D eigenvalue weighted by Crippen LogP contribution is -2.40. The first-order valence-corrected chi connectivity index (χ1v) is 8.00. The average molecular weight is 312 g/mol. The molecule has 7 nitrogen and oxygen atoms in total. The number of aryl methyl sites for hydroxylation is 1. The van der Waals surface area contributed by atoms with Crippen LogP contribution in [0, 0.1) is 11.8 Å². The zero-order chi connectivity index (χ0) is 15.8. The molecule has 2 aromatic rings. The van der Waals surface area contributed by atoms with E-state index in [1.165, 1.54) is 0 Å². The van der Waals surface area contributed by atoms with Crippen LogP contribution < -0.4 is 4.90 Å². The van der Waals surface area contributed by atoms with Gasteiger partial charge in [-0.25, -0.2) is 9.97 Å². The molecule has 0 bridgehead atoms. The molecule has 0 N–H and O–H groups in total. The molecule has 0 saturated carbocycles. The third-order valence-electron chi connectivity index (χ3n) is 4.97. The number of aromatic nitrogens is 4. The second-order valence-electron chi connectivity index (χ2n) is 6.39. The Bertz CT molecular complexity index is 700. The summed E-state index contributed by atoms with van der Waals surface area (Å²) in [5, 5.41) is 0. The Labute approximate surface area is 135 Å². The fourth-order valence-corrected chi connectivity index (χ4v) is 3.71. The van der Waals surface area contributed by atoms with E-state index >= 15 is 0 Å². The Kier molecular flexibility index (Phi) is 3.48. The van der Waals surface area contributed by atoms with Gasteiger partial charge in [-0.05, 0) is 18.3 Å². The zero-order valence-electron chi connectivity index (χ0n) is 13.2. The van der Waals surface area contributed by atoms with Crippen LogP contribution in [0.5, 0.6) is 0 Å². The van der Waals surface area contributed by atoms with E-state index in [1.54, 1.807) is 23.2 Å². The number of fused-ring (bicyclic) bond motifs is 1. The SMILES string of the molecule is Cn1ccnc1C(=O)N1C[C@@H]2CCN(c3cnccn3)C[C@@H]2C1. The summed E-state index contributed by atoms with van der Waals surface area (Å²) in [7, 11) is 1.86. The number of rotatable bonds is 2. The molecule has 2 saturated heterocycles. The van der Waals surface area contributed by atoms with Crippen LogP contribution in [0.3, 0.4) is 0 Å². The van der Waals surface area contributed by atoms with Gasteiger partial charge in [0.1, 0.15) is 5.82 Å². The Morgan fingerprint density at radius 1 is 1.13 bits per heavy atom. The minimum Gasteiger partial charge on any atom is -0.355 e. The van der Waals surface area contributed by atoms with E-state index in [0.717, 1.165) is 38.4 Å². The third kappa shape index (κ3) is 2.56. The molecular formula is C16H20N6O. The summed E-state index contributed by atoms with van der Waals surface area (Å²) in [4.78, 5) is 29.6. The van der Waals surface area contributed by atoms with E-state index in [1.807, 2.05) is 24.3 Å². The first kappa shape index (κ1) is 14.2. The van der Waals surface area contributed by atoms with Crippen LogP contribution >= 0.6 is 0 Å². The van der Waals surface area contributed by atoms with Crippen molar-refractivity contribution < 1.29 is 4.79 Å². The lowest BCUT2D eigenvalue weighted by molar-refractivity contribution is 0.0769. The number of likely N-dealkylation sites (tertiary alicyclic amines) is 1. The summed E-state index contributed by atoms with van der Waals surface area (Å²) >= 11 is 0. The number of hydrogen-bond acceptors (Lipinski definition) is 5. The number of carbonyl (C=O) groups excluding carboxylic acids is 1. The van der Waals surface area contributed by atoms with Crippen molar-refractivity contribution in [2.45, 2.75) is 6.42 Å². The largest absolute Gasteiger partial charge is 0.355 e. The second kappa shape index (κ2) is 5.64. The van der Waals surface area contributed by atoms with Crippen LogP contribution in [0.1, 0.15) is 17.0 Å². The Balaban J connectivity index is 1.46. The fourth-order valence-electron chi connectivity index (χ4n) is 3.71. The van der Waals surface area contributed by atoms with Crippen LogP contribution in [-0.4, -0.2) is 56.5 Å². The minimum absolute atomic E-state index is 0.0398. The molecule has 4 rings (SSSR count). The molecule has 0 aliphatic carbocycles. The van der Waals surface area contributed by atoms with Gasteiger partial charge in [-0.2, -0.15) is 0 Å². The predicted molar refractivity (Wildman–Crippen MR) is 85.0 cm³/mol. The summed E-state index contributed by atoms with van der Waals surface area (Å²) in [5.74, 6) is 2.56. The van der Waals surface area contributed by atoms with E-state index in [4.69, 9.17) is 0 Å². The Morgan fingerprint density at radius 3 is 2.74 bits per heavy atom. The number of piperidine rings is 1. The molecule has 2 aromatic heterocycles. The molecule has 7 heteroatoms. The van der Waals surface area contributed by atoms with Gasteiger partial charge in [0.2, 0.25) is 0 Å². The monoisotopic (exact) mass is 312 g/mol. The highest BCUT2D eigenvalue weighted by molar-refractivity contribution is 5.91. The summed E-state index contributed by atoms with van der Waals surface area (Å²) in [6.07, 6.45) is 9.81. The Morgan fingerprint density at radius 2 is 2.00 bits per heavy atom. The van der Waals surface area contributed by atoms with Gasteiger partial charge in [-0.1, -0.05) is 0 Å². The van der Waals surface area contributed by atoms with Crippen molar-refractivity contribution in [3.05, 3.63) is 36.8 Å². The van der Waals surface area contributed by atoms with Crippen LogP contribution in [-0.2, 0) is 7.05 Å². The smallest absolute Gasteiger partial charge is 0.289 e. The molecule has 1 amide bonds. The molecule has 2 aliphatic heterocycles. The van der Waals surface area contributed by atoms with Crippen molar-refractivity contribution in [2.24, 2.45) is 18.9 Å². The molecule has 2 atom stereocenters. The first-order chi connectivity index (χ1) is 11.2. The van der Waals surface area contributed by atoms with Crippen molar-refractivity contribution in [1.29, 1.82) is 0 Å². The molecule has 23 heavy (non-hydrogen) atoms. The molecule has 0 unspecified atom stereocenters. The highest BCUT2D eigenvalue weighted by Crippen LogP contribution is 2.33. The molecule has 2 fully saturated rings. The zero-order valence-corrected chi connectivity index (χ0v) is 13.2. The van der Waals surface area contributed by atoms with Gasteiger partial charge in [-0.3, -0.25) is 9.78 Å². The maximum atomic E-state index is 12.6. The molecule has 120 valence electrons. The van der Waals surface area contributed by atoms with Crippen molar-refractivity contribution in [3.8, 4) is 0 Å². The van der Waals surface area contributed by atoms with Gasteiger partial charge >= 0.3 is 0 Å². The molecule has 0 spiro atoms. The van der Waals surface area contributed by atoms with E-state index < -0.39 is 0 Å². The highest BCUT2D eigenvalue weighted by atomic mass is 16.2. The van der Waals surface area contributed by atoms with Crippen LogP contribution in [0.25, 0.3) is 0 Å². The van der Waals surface area contributed by atoms with Crippen molar-refractivity contribution in [3.63, 3.8) is 0 Å². The van der Waals surface area contributed by atoms with Gasteiger partial charge in [0.05, 0.1) is 6.20 Å². The summed E-state index contributed by atoms with van der Waals surface area (Å²) < 4.78 is 1.79. The first-order valence-electron chi connectivity index (χ1n) is 8.00. The molecule has 0 aromatic carbocycles. The maximum Gasteiger partial charge on any atom is 0.289 e. The van der Waals surface area contributed by atoms with E-state index in [-0.39, 0.29) is 5.91 Å². The third-order valence-corrected chi connectivity index (χ3v) is 4.97. The predicted octanol–water partition coefficient (Wildman–Crippen LogP) is 0.809. The molecule has 2 aliphatic rings. The minimum atomic E-state index is 0.0398. The van der Waals surface area contributed by atoms with E-state index in [0.29, 0.717) is 17.7 Å².